The highest BCUT2D eigenvalue weighted by molar-refractivity contribution is 6.32. The summed E-state index contributed by atoms with van der Waals surface area (Å²) in [5.74, 6) is -0.301. The van der Waals surface area contributed by atoms with Gasteiger partial charge in [0.25, 0.3) is 0 Å². The van der Waals surface area contributed by atoms with E-state index in [-0.39, 0.29) is 5.91 Å². The molecule has 2 rings (SSSR count). The highest BCUT2D eigenvalue weighted by Crippen LogP contribution is 2.22. The van der Waals surface area contributed by atoms with E-state index in [0.717, 1.165) is 5.56 Å². The minimum Gasteiger partial charge on any atom is -0.324 e. The molecule has 0 saturated carbocycles. The molecular formula is C13H10Cl2N2O. The molecule has 3 nitrogen and oxygen atoms in total. The predicted molar refractivity (Wildman–Crippen MR) is 72.9 cm³/mol. The first-order valence-electron chi connectivity index (χ1n) is 5.28. The van der Waals surface area contributed by atoms with Gasteiger partial charge in [-0.25, -0.2) is 4.98 Å². The minimum atomic E-state index is -0.738. The van der Waals surface area contributed by atoms with Crippen molar-refractivity contribution in [3.63, 3.8) is 0 Å². The van der Waals surface area contributed by atoms with Gasteiger partial charge in [-0.2, -0.15) is 0 Å². The molecule has 1 aromatic heterocycles. The van der Waals surface area contributed by atoms with Gasteiger partial charge in [0.2, 0.25) is 5.91 Å². The molecule has 92 valence electrons. The number of amides is 1. The van der Waals surface area contributed by atoms with Crippen LogP contribution in [0, 0.1) is 0 Å². The maximum absolute atomic E-state index is 11.9. The molecule has 0 fully saturated rings. The van der Waals surface area contributed by atoms with Crippen molar-refractivity contribution >= 4 is 34.8 Å². The molecule has 1 aromatic carbocycles. The third-order valence-electron chi connectivity index (χ3n) is 2.32. The van der Waals surface area contributed by atoms with Crippen LogP contribution in [0.3, 0.4) is 0 Å². The van der Waals surface area contributed by atoms with Crippen molar-refractivity contribution in [1.82, 2.24) is 4.98 Å². The number of hydrogen-bond donors (Lipinski definition) is 1. The maximum atomic E-state index is 11.9. The van der Waals surface area contributed by atoms with Crippen molar-refractivity contribution in [3.8, 4) is 0 Å². The minimum absolute atomic E-state index is 0.301. The van der Waals surface area contributed by atoms with Crippen molar-refractivity contribution in [2.75, 3.05) is 5.32 Å². The number of nitrogens with zero attached hydrogens (tertiary/aromatic N) is 1. The Bertz CT molecular complexity index is 546. The van der Waals surface area contributed by atoms with E-state index in [0.29, 0.717) is 10.8 Å². The van der Waals surface area contributed by atoms with E-state index in [1.54, 1.807) is 24.3 Å². The lowest BCUT2D eigenvalue weighted by Crippen LogP contribution is -2.17. The molecule has 1 unspecified atom stereocenters. The topological polar surface area (TPSA) is 42.0 Å². The summed E-state index contributed by atoms with van der Waals surface area (Å²) < 4.78 is 0. The van der Waals surface area contributed by atoms with Crippen LogP contribution in [0.25, 0.3) is 0 Å². The summed E-state index contributed by atoms with van der Waals surface area (Å²) in [6.07, 6.45) is 1.52. The number of carbonyl (C=O) groups is 1. The lowest BCUT2D eigenvalue weighted by atomic mass is 10.1. The highest BCUT2D eigenvalue weighted by atomic mass is 35.5. The fourth-order valence-electron chi connectivity index (χ4n) is 1.46. The summed E-state index contributed by atoms with van der Waals surface area (Å²) in [5.41, 5.74) is 1.32. The van der Waals surface area contributed by atoms with Crippen LogP contribution in [-0.4, -0.2) is 10.9 Å². The average molecular weight is 281 g/mol. The van der Waals surface area contributed by atoms with Gasteiger partial charge in [0, 0.05) is 11.9 Å². The summed E-state index contributed by atoms with van der Waals surface area (Å²) in [5, 5.41) is 2.27. The number of aromatic nitrogens is 1. The van der Waals surface area contributed by atoms with E-state index in [2.05, 4.69) is 10.3 Å². The van der Waals surface area contributed by atoms with Crippen LogP contribution in [0.15, 0.2) is 48.7 Å². The quantitative estimate of drug-likeness (QED) is 0.689. The van der Waals surface area contributed by atoms with Crippen molar-refractivity contribution in [1.29, 1.82) is 0 Å². The zero-order valence-electron chi connectivity index (χ0n) is 9.31. The Kier molecular flexibility index (Phi) is 4.18. The molecule has 0 aliphatic carbocycles. The number of carbonyl (C=O) groups excluding carboxylic acids is 1. The molecule has 0 spiro atoms. The summed E-state index contributed by atoms with van der Waals surface area (Å²) in [6.45, 7) is 0. The molecule has 1 amide bonds. The van der Waals surface area contributed by atoms with Crippen LogP contribution < -0.4 is 5.32 Å². The second-order valence-corrected chi connectivity index (χ2v) is 4.45. The maximum Gasteiger partial charge on any atom is 0.246 e. The van der Waals surface area contributed by atoms with Crippen LogP contribution in [0.1, 0.15) is 10.9 Å². The largest absolute Gasteiger partial charge is 0.324 e. The van der Waals surface area contributed by atoms with Gasteiger partial charge in [0.05, 0.1) is 0 Å². The van der Waals surface area contributed by atoms with E-state index >= 15 is 0 Å². The number of anilines is 1. The fourth-order valence-corrected chi connectivity index (χ4v) is 1.83. The molecule has 1 N–H and O–H groups in total. The lowest BCUT2D eigenvalue weighted by molar-refractivity contribution is -0.116. The summed E-state index contributed by atoms with van der Waals surface area (Å²) >= 11 is 11.8. The van der Waals surface area contributed by atoms with Gasteiger partial charge in [-0.1, -0.05) is 41.9 Å². The van der Waals surface area contributed by atoms with Gasteiger partial charge in [0.15, 0.2) is 0 Å². The van der Waals surface area contributed by atoms with E-state index in [4.69, 9.17) is 23.2 Å². The number of hydrogen-bond acceptors (Lipinski definition) is 2. The second-order valence-electron chi connectivity index (χ2n) is 3.63. The zero-order valence-corrected chi connectivity index (χ0v) is 10.8. The van der Waals surface area contributed by atoms with Crippen molar-refractivity contribution in [2.24, 2.45) is 0 Å². The molecule has 0 saturated heterocycles. The van der Waals surface area contributed by atoms with Crippen LogP contribution >= 0.6 is 23.2 Å². The number of rotatable bonds is 3. The monoisotopic (exact) mass is 280 g/mol. The van der Waals surface area contributed by atoms with Gasteiger partial charge in [-0.3, -0.25) is 4.79 Å². The Morgan fingerprint density at radius 1 is 1.22 bits per heavy atom. The van der Waals surface area contributed by atoms with E-state index < -0.39 is 5.38 Å². The van der Waals surface area contributed by atoms with Crippen molar-refractivity contribution in [2.45, 2.75) is 5.38 Å². The third-order valence-corrected chi connectivity index (χ3v) is 2.97. The molecule has 1 atom stereocenters. The van der Waals surface area contributed by atoms with Gasteiger partial charge >= 0.3 is 0 Å². The number of pyridine rings is 1. The van der Waals surface area contributed by atoms with Gasteiger partial charge in [-0.15, -0.1) is 11.6 Å². The summed E-state index contributed by atoms with van der Waals surface area (Å²) in [4.78, 5) is 15.7. The molecule has 0 aliphatic heterocycles. The molecular weight excluding hydrogens is 271 g/mol. The number of alkyl halides is 1. The fraction of sp³-hybridized carbons (Fsp3) is 0.0769. The van der Waals surface area contributed by atoms with Crippen LogP contribution in [0.5, 0.6) is 0 Å². The number of nitrogens with one attached hydrogen (secondary N) is 1. The van der Waals surface area contributed by atoms with E-state index in [9.17, 15) is 4.79 Å². The predicted octanol–water partition coefficient (Wildman–Crippen LogP) is 3.65. The zero-order chi connectivity index (χ0) is 13.0. The van der Waals surface area contributed by atoms with E-state index in [1.807, 2.05) is 18.2 Å². The molecule has 0 aliphatic rings. The SMILES string of the molecule is O=C(Nc1ccnc(Cl)c1)C(Cl)c1ccccc1. The Morgan fingerprint density at radius 3 is 2.61 bits per heavy atom. The molecule has 1 heterocycles. The second kappa shape index (κ2) is 5.85. The molecule has 18 heavy (non-hydrogen) atoms. The van der Waals surface area contributed by atoms with Gasteiger partial charge in [-0.05, 0) is 17.7 Å². The van der Waals surface area contributed by atoms with Crippen LogP contribution in [0.4, 0.5) is 5.69 Å². The lowest BCUT2D eigenvalue weighted by Gasteiger charge is -2.10. The highest BCUT2D eigenvalue weighted by Gasteiger charge is 2.17. The number of benzene rings is 1. The van der Waals surface area contributed by atoms with Gasteiger partial charge in [0.1, 0.15) is 10.5 Å². The van der Waals surface area contributed by atoms with Crippen LogP contribution in [-0.2, 0) is 4.79 Å². The summed E-state index contributed by atoms with van der Waals surface area (Å²) in [7, 11) is 0. The molecule has 0 radical (unpaired) electrons. The Morgan fingerprint density at radius 2 is 1.94 bits per heavy atom. The normalized spacial score (nSPS) is 11.9. The van der Waals surface area contributed by atoms with E-state index in [1.165, 1.54) is 6.20 Å². The molecule has 2 aromatic rings. The van der Waals surface area contributed by atoms with Gasteiger partial charge < -0.3 is 5.32 Å². The first-order chi connectivity index (χ1) is 8.66. The standard InChI is InChI=1S/C13H10Cl2N2O/c14-11-8-10(6-7-16-11)17-13(18)12(15)9-4-2-1-3-5-9/h1-8,12H,(H,16,17,18). The summed E-state index contributed by atoms with van der Waals surface area (Å²) in [6, 6.07) is 12.4. The molecule has 0 bridgehead atoms. The van der Waals surface area contributed by atoms with Crippen molar-refractivity contribution < 1.29 is 4.79 Å². The number of halogens is 2. The van der Waals surface area contributed by atoms with Crippen LogP contribution in [0.2, 0.25) is 5.15 Å². The first-order valence-corrected chi connectivity index (χ1v) is 6.09. The first kappa shape index (κ1) is 12.9. The molecule has 5 heteroatoms. The smallest absolute Gasteiger partial charge is 0.246 e. The Balaban J connectivity index is 2.09. The van der Waals surface area contributed by atoms with Crippen molar-refractivity contribution in [3.05, 3.63) is 59.4 Å². The average Bonchev–Trinajstić information content (AvgIpc) is 2.39. The third kappa shape index (κ3) is 3.22. The Hall–Kier alpha value is -1.58. The Labute approximate surface area is 115 Å².